The Morgan fingerprint density at radius 3 is 2.40 bits per heavy atom. The summed E-state index contributed by atoms with van der Waals surface area (Å²) in [6.07, 6.45) is 0.796. The van der Waals surface area contributed by atoms with E-state index in [2.05, 4.69) is 4.99 Å². The van der Waals surface area contributed by atoms with Crippen LogP contribution >= 0.6 is 24.8 Å². The summed E-state index contributed by atoms with van der Waals surface area (Å²) in [4.78, 5) is 14.3. The number of hydrogen-bond acceptors (Lipinski definition) is 3. The van der Waals surface area contributed by atoms with E-state index < -0.39 is 12.0 Å². The number of aliphatic imine (C=N–C) groups is 1. The van der Waals surface area contributed by atoms with E-state index in [1.807, 2.05) is 0 Å². The topological polar surface area (TPSA) is 128 Å². The molecule has 0 heterocycles. The molecule has 15 heavy (non-hydrogen) atoms. The number of guanidine groups is 1. The van der Waals surface area contributed by atoms with E-state index in [0.717, 1.165) is 6.42 Å². The van der Waals surface area contributed by atoms with Gasteiger partial charge in [0.15, 0.2) is 5.96 Å². The Kier molecular flexibility index (Phi) is 7.47. The van der Waals surface area contributed by atoms with Gasteiger partial charge in [0.25, 0.3) is 0 Å². The van der Waals surface area contributed by atoms with Gasteiger partial charge >= 0.3 is 5.97 Å². The Bertz CT molecular complexity index is 245. The molecule has 3 atom stereocenters. The Morgan fingerprint density at radius 1 is 1.47 bits per heavy atom. The van der Waals surface area contributed by atoms with Crippen LogP contribution in [0.15, 0.2) is 4.99 Å². The maximum Gasteiger partial charge on any atom is 0.320 e. The Balaban J connectivity index is 0. The van der Waals surface area contributed by atoms with Crippen molar-refractivity contribution in [2.75, 3.05) is 6.54 Å². The maximum atomic E-state index is 10.5. The Hall–Kier alpha value is -0.720. The fraction of sp³-hybridized carbons (Fsp3) is 0.714. The molecular weight excluding hydrogens is 243 g/mol. The molecule has 8 heteroatoms. The normalized spacial score (nSPS) is 24.1. The van der Waals surface area contributed by atoms with Gasteiger partial charge in [0.1, 0.15) is 6.04 Å². The van der Waals surface area contributed by atoms with Gasteiger partial charge in [-0.3, -0.25) is 9.79 Å². The predicted octanol–water partition coefficient (Wildman–Crippen LogP) is -0.849. The van der Waals surface area contributed by atoms with Crippen molar-refractivity contribution in [2.45, 2.75) is 12.5 Å². The summed E-state index contributed by atoms with van der Waals surface area (Å²) in [6, 6.07) is -0.779. The molecule has 0 amide bonds. The number of halogens is 2. The van der Waals surface area contributed by atoms with E-state index in [1.165, 1.54) is 0 Å². The molecule has 1 fully saturated rings. The molecule has 0 spiro atoms. The largest absolute Gasteiger partial charge is 0.480 e. The van der Waals surface area contributed by atoms with E-state index in [0.29, 0.717) is 6.54 Å². The molecule has 6 nitrogen and oxygen atoms in total. The third kappa shape index (κ3) is 5.06. The Labute approximate surface area is 100 Å². The second-order valence-corrected chi connectivity index (χ2v) is 3.29. The fourth-order valence-corrected chi connectivity index (χ4v) is 1.33. The van der Waals surface area contributed by atoms with Crippen molar-refractivity contribution in [3.8, 4) is 0 Å². The second-order valence-electron chi connectivity index (χ2n) is 3.29. The third-order valence-corrected chi connectivity index (χ3v) is 2.23. The van der Waals surface area contributed by atoms with Crippen molar-refractivity contribution < 1.29 is 9.90 Å². The minimum absolute atomic E-state index is 0. The van der Waals surface area contributed by atoms with Crippen LogP contribution in [0, 0.1) is 11.8 Å². The third-order valence-electron chi connectivity index (χ3n) is 2.23. The number of nitrogens with zero attached hydrogens (tertiary/aromatic N) is 1. The van der Waals surface area contributed by atoms with Crippen LogP contribution in [0.25, 0.3) is 0 Å². The molecule has 0 aliphatic heterocycles. The van der Waals surface area contributed by atoms with Crippen molar-refractivity contribution in [1.29, 1.82) is 0 Å². The standard InChI is InChI=1S/C7H14N4O2.2ClH/c8-5(6(12)13)4-1-3(4)2-11-7(9)10;;/h3-5H,1-2,8H2,(H,12,13)(H4,9,10,11);2*1H/t3-,4-,5+;;/m1../s1. The Morgan fingerprint density at radius 2 is 2.00 bits per heavy atom. The summed E-state index contributed by atoms with van der Waals surface area (Å²) in [6.45, 7) is 0.480. The number of rotatable bonds is 4. The van der Waals surface area contributed by atoms with Gasteiger partial charge in [0.05, 0.1) is 0 Å². The molecule has 1 rings (SSSR count). The van der Waals surface area contributed by atoms with Gasteiger partial charge in [0.2, 0.25) is 0 Å². The molecule has 0 aromatic carbocycles. The molecule has 7 N–H and O–H groups in total. The first kappa shape index (κ1) is 16.7. The monoisotopic (exact) mass is 258 g/mol. The van der Waals surface area contributed by atoms with Crippen LogP contribution in [0.3, 0.4) is 0 Å². The van der Waals surface area contributed by atoms with Gasteiger partial charge in [-0.15, -0.1) is 24.8 Å². The first-order valence-electron chi connectivity index (χ1n) is 4.06. The lowest BCUT2D eigenvalue weighted by Gasteiger charge is -2.03. The molecule has 90 valence electrons. The van der Waals surface area contributed by atoms with Crippen molar-refractivity contribution in [2.24, 2.45) is 34.0 Å². The minimum atomic E-state index is -0.961. The van der Waals surface area contributed by atoms with Gasteiger partial charge in [-0.25, -0.2) is 0 Å². The van der Waals surface area contributed by atoms with Gasteiger partial charge in [0, 0.05) is 6.54 Å². The molecule has 1 saturated carbocycles. The fourth-order valence-electron chi connectivity index (χ4n) is 1.33. The molecule has 0 radical (unpaired) electrons. The lowest BCUT2D eigenvalue weighted by atomic mass is 10.1. The van der Waals surface area contributed by atoms with E-state index >= 15 is 0 Å². The summed E-state index contributed by atoms with van der Waals surface area (Å²) >= 11 is 0. The molecule has 0 bridgehead atoms. The smallest absolute Gasteiger partial charge is 0.320 e. The minimum Gasteiger partial charge on any atom is -0.480 e. The summed E-state index contributed by atoms with van der Waals surface area (Å²) in [5, 5.41) is 8.58. The molecule has 1 aliphatic carbocycles. The molecule has 0 aromatic rings. The maximum absolute atomic E-state index is 10.5. The summed E-state index contributed by atoms with van der Waals surface area (Å²) in [5.74, 6) is -0.666. The van der Waals surface area contributed by atoms with E-state index in [9.17, 15) is 4.79 Å². The average molecular weight is 259 g/mol. The van der Waals surface area contributed by atoms with E-state index in [1.54, 1.807) is 0 Å². The zero-order chi connectivity index (χ0) is 10.0. The van der Waals surface area contributed by atoms with E-state index in [-0.39, 0.29) is 42.6 Å². The second kappa shape index (κ2) is 6.71. The summed E-state index contributed by atoms with van der Waals surface area (Å²) in [5.41, 5.74) is 15.7. The quantitative estimate of drug-likeness (QED) is 0.386. The van der Waals surface area contributed by atoms with E-state index in [4.69, 9.17) is 22.3 Å². The van der Waals surface area contributed by atoms with Crippen molar-refractivity contribution in [3.63, 3.8) is 0 Å². The summed E-state index contributed by atoms with van der Waals surface area (Å²) in [7, 11) is 0. The van der Waals surface area contributed by atoms with Gasteiger partial charge in [-0.05, 0) is 18.3 Å². The van der Waals surface area contributed by atoms with Gasteiger partial charge in [-0.2, -0.15) is 0 Å². The molecule has 0 unspecified atom stereocenters. The number of nitrogens with two attached hydrogens (primary N) is 3. The summed E-state index contributed by atoms with van der Waals surface area (Å²) < 4.78 is 0. The first-order chi connectivity index (χ1) is 6.02. The van der Waals surface area contributed by atoms with Crippen LogP contribution in [0.4, 0.5) is 0 Å². The van der Waals surface area contributed by atoms with Crippen LogP contribution in [0.5, 0.6) is 0 Å². The highest BCUT2D eigenvalue weighted by Crippen LogP contribution is 2.40. The van der Waals surface area contributed by atoms with Crippen LogP contribution < -0.4 is 17.2 Å². The highest BCUT2D eigenvalue weighted by Gasteiger charge is 2.44. The number of carbonyl (C=O) groups is 1. The van der Waals surface area contributed by atoms with Crippen molar-refractivity contribution in [1.82, 2.24) is 0 Å². The first-order valence-corrected chi connectivity index (χ1v) is 4.06. The highest BCUT2D eigenvalue weighted by molar-refractivity contribution is 5.85. The van der Waals surface area contributed by atoms with Crippen LogP contribution in [-0.4, -0.2) is 29.6 Å². The van der Waals surface area contributed by atoms with Crippen LogP contribution in [0.1, 0.15) is 6.42 Å². The van der Waals surface area contributed by atoms with Gasteiger partial charge < -0.3 is 22.3 Å². The number of carboxylic acids is 1. The van der Waals surface area contributed by atoms with Crippen molar-refractivity contribution >= 4 is 36.7 Å². The zero-order valence-electron chi connectivity index (χ0n) is 8.00. The number of hydrogen-bond donors (Lipinski definition) is 4. The lowest BCUT2D eigenvalue weighted by Crippen LogP contribution is -2.33. The predicted molar refractivity (Wildman–Crippen MR) is 62.4 cm³/mol. The van der Waals surface area contributed by atoms with Crippen LogP contribution in [0.2, 0.25) is 0 Å². The lowest BCUT2D eigenvalue weighted by molar-refractivity contribution is -0.139. The molecule has 0 aromatic heterocycles. The number of carboxylic acid groups (broad SMARTS) is 1. The van der Waals surface area contributed by atoms with Gasteiger partial charge in [-0.1, -0.05) is 0 Å². The number of aliphatic carboxylic acids is 1. The zero-order valence-corrected chi connectivity index (χ0v) is 9.63. The molecule has 0 saturated heterocycles. The van der Waals surface area contributed by atoms with Crippen LogP contribution in [-0.2, 0) is 4.79 Å². The SMILES string of the molecule is Cl.Cl.NC(N)=NC[C@H]1C[C@H]1[C@H](N)C(=O)O. The van der Waals surface area contributed by atoms with Crippen molar-refractivity contribution in [3.05, 3.63) is 0 Å². The highest BCUT2D eigenvalue weighted by atomic mass is 35.5. The molecule has 1 aliphatic rings. The average Bonchev–Trinajstić information content (AvgIpc) is 2.78. The molecular formula is C7H16Cl2N4O2.